The van der Waals surface area contributed by atoms with E-state index in [1.807, 2.05) is 0 Å². The fourth-order valence-electron chi connectivity index (χ4n) is 2.37. The highest BCUT2D eigenvalue weighted by Crippen LogP contribution is 2.38. The van der Waals surface area contributed by atoms with Crippen molar-refractivity contribution in [2.75, 3.05) is 13.3 Å². The molecule has 2 amide bonds. The number of nitro groups is 1. The highest BCUT2D eigenvalue weighted by atomic mass is 32.1. The number of benzene rings is 1. The second-order valence-corrected chi connectivity index (χ2v) is 5.43. The highest BCUT2D eigenvalue weighted by molar-refractivity contribution is 7.80. The van der Waals surface area contributed by atoms with Crippen LogP contribution in [0.5, 0.6) is 11.5 Å². The molecule has 9 nitrogen and oxygen atoms in total. The molecule has 0 unspecified atom stereocenters. The van der Waals surface area contributed by atoms with Crippen LogP contribution in [0.2, 0.25) is 0 Å². The van der Waals surface area contributed by atoms with Crippen molar-refractivity contribution in [3.63, 3.8) is 0 Å². The van der Waals surface area contributed by atoms with Gasteiger partial charge in [0.1, 0.15) is 5.57 Å². The number of rotatable bonds is 4. The van der Waals surface area contributed by atoms with Crippen LogP contribution in [-0.2, 0) is 9.59 Å². The van der Waals surface area contributed by atoms with Gasteiger partial charge in [-0.25, -0.2) is 0 Å². The van der Waals surface area contributed by atoms with Gasteiger partial charge in [0, 0.05) is 6.54 Å². The average Bonchev–Trinajstić information content (AvgIpc) is 3.01. The number of hydrogen-bond donors (Lipinski definition) is 1. The van der Waals surface area contributed by atoms with Crippen LogP contribution in [-0.4, -0.2) is 40.1 Å². The number of ether oxygens (including phenoxy) is 2. The Hall–Kier alpha value is -3.27. The second kappa shape index (κ2) is 6.32. The Bertz CT molecular complexity index is 863. The third kappa shape index (κ3) is 2.94. The monoisotopic (exact) mass is 361 g/mol. The van der Waals surface area contributed by atoms with Crippen LogP contribution < -0.4 is 14.8 Å². The maximum Gasteiger partial charge on any atom is 0.280 e. The molecule has 0 aliphatic carbocycles. The minimum Gasteiger partial charge on any atom is -0.454 e. The summed E-state index contributed by atoms with van der Waals surface area (Å²) >= 11 is 4.95. The van der Waals surface area contributed by atoms with Crippen LogP contribution in [0.15, 0.2) is 30.4 Å². The summed E-state index contributed by atoms with van der Waals surface area (Å²) in [5, 5.41) is 13.6. The Balaban J connectivity index is 2.08. The fourth-order valence-corrected chi connectivity index (χ4v) is 2.62. The summed E-state index contributed by atoms with van der Waals surface area (Å²) in [5.41, 5.74) is -0.558. The minimum atomic E-state index is -0.734. The number of amides is 2. The average molecular weight is 361 g/mol. The fraction of sp³-hybridized carbons (Fsp3) is 0.133. The van der Waals surface area contributed by atoms with Crippen LogP contribution in [0.1, 0.15) is 5.56 Å². The van der Waals surface area contributed by atoms with Gasteiger partial charge in [0.25, 0.3) is 17.5 Å². The topological polar surface area (TPSA) is 111 Å². The normalized spacial score (nSPS) is 17.7. The molecule has 0 saturated carbocycles. The van der Waals surface area contributed by atoms with Crippen molar-refractivity contribution in [1.29, 1.82) is 0 Å². The lowest BCUT2D eigenvalue weighted by molar-refractivity contribution is -0.385. The van der Waals surface area contributed by atoms with Crippen molar-refractivity contribution < 1.29 is 24.0 Å². The minimum absolute atomic E-state index is 0.0409. The first-order valence-electron chi connectivity index (χ1n) is 7.00. The number of fused-ring (bicyclic) bond motifs is 1. The van der Waals surface area contributed by atoms with Gasteiger partial charge in [-0.3, -0.25) is 29.9 Å². The molecule has 2 aliphatic rings. The quantitative estimate of drug-likeness (QED) is 0.214. The van der Waals surface area contributed by atoms with E-state index in [2.05, 4.69) is 11.9 Å². The van der Waals surface area contributed by atoms with Crippen LogP contribution in [0.25, 0.3) is 6.08 Å². The predicted octanol–water partition coefficient (Wildman–Crippen LogP) is 1.14. The molecule has 2 heterocycles. The van der Waals surface area contributed by atoms with Gasteiger partial charge in [-0.15, -0.1) is 6.58 Å². The zero-order valence-electron chi connectivity index (χ0n) is 12.7. The van der Waals surface area contributed by atoms with Gasteiger partial charge in [0.05, 0.1) is 16.6 Å². The van der Waals surface area contributed by atoms with Gasteiger partial charge in [0.2, 0.25) is 6.79 Å². The molecule has 1 N–H and O–H groups in total. The van der Waals surface area contributed by atoms with Gasteiger partial charge >= 0.3 is 0 Å². The Labute approximate surface area is 146 Å². The first kappa shape index (κ1) is 16.6. The van der Waals surface area contributed by atoms with Gasteiger partial charge in [-0.2, -0.15) is 0 Å². The number of hydrogen-bond acceptors (Lipinski definition) is 7. The van der Waals surface area contributed by atoms with Gasteiger partial charge in [0.15, 0.2) is 16.6 Å². The molecule has 128 valence electrons. The molecule has 1 fully saturated rings. The van der Waals surface area contributed by atoms with Crippen molar-refractivity contribution >= 4 is 40.9 Å². The SMILES string of the molecule is C=CCN1C(=O)/C(=C/c2cc3c(cc2[N+](=O)[O-])OCO3)C(=O)NC1=S. The number of thiocarbonyl (C=S) groups is 1. The Morgan fingerprint density at radius 2 is 2.04 bits per heavy atom. The molecule has 10 heteroatoms. The molecule has 0 bridgehead atoms. The van der Waals surface area contributed by atoms with E-state index in [0.717, 1.165) is 11.0 Å². The lowest BCUT2D eigenvalue weighted by Gasteiger charge is -2.27. The first-order chi connectivity index (χ1) is 11.9. The maximum absolute atomic E-state index is 12.5. The lowest BCUT2D eigenvalue weighted by Crippen LogP contribution is -2.53. The number of nitro benzene ring substituents is 1. The van der Waals surface area contributed by atoms with Crippen molar-refractivity contribution in [3.05, 3.63) is 46.0 Å². The molecule has 1 aromatic carbocycles. The highest BCUT2D eigenvalue weighted by Gasteiger charge is 2.33. The Morgan fingerprint density at radius 1 is 1.36 bits per heavy atom. The first-order valence-corrected chi connectivity index (χ1v) is 7.41. The summed E-state index contributed by atoms with van der Waals surface area (Å²) in [6.07, 6.45) is 2.58. The molecule has 25 heavy (non-hydrogen) atoms. The van der Waals surface area contributed by atoms with E-state index in [9.17, 15) is 19.7 Å². The Kier molecular flexibility index (Phi) is 4.19. The molecule has 0 spiro atoms. The molecule has 0 radical (unpaired) electrons. The maximum atomic E-state index is 12.5. The van der Waals surface area contributed by atoms with E-state index in [-0.39, 0.29) is 41.0 Å². The summed E-state index contributed by atoms with van der Waals surface area (Å²) in [6.45, 7) is 3.56. The van der Waals surface area contributed by atoms with E-state index in [4.69, 9.17) is 21.7 Å². The zero-order valence-corrected chi connectivity index (χ0v) is 13.5. The predicted molar refractivity (Wildman–Crippen MR) is 89.8 cm³/mol. The van der Waals surface area contributed by atoms with Crippen LogP contribution in [0.3, 0.4) is 0 Å². The van der Waals surface area contributed by atoms with Crippen molar-refractivity contribution in [2.45, 2.75) is 0 Å². The lowest BCUT2D eigenvalue weighted by atomic mass is 10.1. The van der Waals surface area contributed by atoms with Gasteiger partial charge in [-0.1, -0.05) is 6.08 Å². The van der Waals surface area contributed by atoms with E-state index >= 15 is 0 Å². The largest absolute Gasteiger partial charge is 0.454 e. The van der Waals surface area contributed by atoms with E-state index in [0.29, 0.717) is 5.75 Å². The second-order valence-electron chi connectivity index (χ2n) is 5.04. The smallest absolute Gasteiger partial charge is 0.280 e. The summed E-state index contributed by atoms with van der Waals surface area (Å²) in [5.74, 6) is -0.884. The number of carbonyl (C=O) groups excluding carboxylic acids is 2. The van der Waals surface area contributed by atoms with Gasteiger partial charge < -0.3 is 9.47 Å². The number of nitrogens with one attached hydrogen (secondary N) is 1. The van der Waals surface area contributed by atoms with Crippen LogP contribution in [0, 0.1) is 10.1 Å². The number of nitrogens with zero attached hydrogens (tertiary/aromatic N) is 2. The van der Waals surface area contributed by atoms with E-state index < -0.39 is 16.7 Å². The van der Waals surface area contributed by atoms with E-state index in [1.165, 1.54) is 18.2 Å². The molecule has 1 aromatic rings. The van der Waals surface area contributed by atoms with E-state index in [1.54, 1.807) is 0 Å². The Morgan fingerprint density at radius 3 is 2.68 bits per heavy atom. The molecular formula is C15H11N3O6S. The molecule has 0 atom stereocenters. The molecule has 0 aromatic heterocycles. The molecule has 3 rings (SSSR count). The standard InChI is InChI=1S/C15H11N3O6S/c1-2-3-17-14(20)9(13(19)16-15(17)25)4-8-5-11-12(24-7-23-11)6-10(8)18(21)22/h2,4-6H,1,3,7H2,(H,16,19,25)/b9-4+. The zero-order chi connectivity index (χ0) is 18.1. The summed E-state index contributed by atoms with van der Waals surface area (Å²) in [7, 11) is 0. The third-order valence-corrected chi connectivity index (χ3v) is 3.84. The van der Waals surface area contributed by atoms with Crippen molar-refractivity contribution in [2.24, 2.45) is 0 Å². The van der Waals surface area contributed by atoms with Gasteiger partial charge in [-0.05, 0) is 24.4 Å². The summed E-state index contributed by atoms with van der Waals surface area (Å²) in [6, 6.07) is 2.53. The summed E-state index contributed by atoms with van der Waals surface area (Å²) in [4.78, 5) is 36.4. The third-order valence-electron chi connectivity index (χ3n) is 3.52. The summed E-state index contributed by atoms with van der Waals surface area (Å²) < 4.78 is 10.3. The van der Waals surface area contributed by atoms with Crippen LogP contribution in [0.4, 0.5) is 5.69 Å². The molecule has 2 aliphatic heterocycles. The van der Waals surface area contributed by atoms with Crippen LogP contribution >= 0.6 is 12.2 Å². The van der Waals surface area contributed by atoms with Crippen molar-refractivity contribution in [3.8, 4) is 11.5 Å². The number of carbonyl (C=O) groups is 2. The molecule has 1 saturated heterocycles. The molecular weight excluding hydrogens is 350 g/mol. The van der Waals surface area contributed by atoms with Crippen molar-refractivity contribution in [1.82, 2.24) is 10.2 Å².